The molecule has 1 fully saturated rings. The van der Waals surface area contributed by atoms with E-state index >= 15 is 0 Å². The highest BCUT2D eigenvalue weighted by Crippen LogP contribution is 2.31. The summed E-state index contributed by atoms with van der Waals surface area (Å²) in [6, 6.07) is 11.8. The molecule has 3 rings (SSSR count). The van der Waals surface area contributed by atoms with Crippen molar-refractivity contribution in [3.63, 3.8) is 0 Å². The molecule has 1 heterocycles. The molecular formula is C20H23N3O5S. The molecule has 0 radical (unpaired) electrons. The molecule has 0 bridgehead atoms. The van der Waals surface area contributed by atoms with E-state index in [1.807, 2.05) is 36.1 Å². The molecule has 0 N–H and O–H groups in total. The maximum Gasteiger partial charge on any atom is 0.293 e. The molecule has 1 saturated heterocycles. The number of carbonyl (C=O) groups is 1. The second-order valence-electron chi connectivity index (χ2n) is 7.21. The van der Waals surface area contributed by atoms with Gasteiger partial charge in [-0.3, -0.25) is 14.9 Å². The van der Waals surface area contributed by atoms with Crippen molar-refractivity contribution in [3.8, 4) is 0 Å². The van der Waals surface area contributed by atoms with Gasteiger partial charge in [-0.1, -0.05) is 29.8 Å². The Morgan fingerprint density at radius 1 is 1.07 bits per heavy atom. The molecule has 2 aromatic rings. The van der Waals surface area contributed by atoms with Gasteiger partial charge < -0.3 is 9.80 Å². The number of benzene rings is 2. The second kappa shape index (κ2) is 8.20. The summed E-state index contributed by atoms with van der Waals surface area (Å²) in [7, 11) is -3.53. The van der Waals surface area contributed by atoms with Crippen LogP contribution in [-0.2, 0) is 21.1 Å². The van der Waals surface area contributed by atoms with Gasteiger partial charge in [-0.2, -0.15) is 0 Å². The van der Waals surface area contributed by atoms with Gasteiger partial charge in [0.15, 0.2) is 9.84 Å². The first-order valence-electron chi connectivity index (χ1n) is 9.22. The molecule has 1 aliphatic rings. The van der Waals surface area contributed by atoms with E-state index in [1.54, 1.807) is 4.90 Å². The standard InChI is InChI=1S/C20H23N3O5S/c1-15-3-5-16(6-4-15)13-20(24)22-11-9-21(10-12-22)18-8-7-17(29(2,27)28)14-19(18)23(25)26/h3-8,14H,9-13H2,1-2H3. The topological polar surface area (TPSA) is 101 Å². The van der Waals surface area contributed by atoms with Crippen LogP contribution in [0.15, 0.2) is 47.4 Å². The van der Waals surface area contributed by atoms with E-state index in [2.05, 4.69) is 0 Å². The van der Waals surface area contributed by atoms with Crippen LogP contribution in [0.5, 0.6) is 0 Å². The van der Waals surface area contributed by atoms with Gasteiger partial charge in [0.25, 0.3) is 5.69 Å². The third kappa shape index (κ3) is 4.92. The highest BCUT2D eigenvalue weighted by molar-refractivity contribution is 7.90. The summed E-state index contributed by atoms with van der Waals surface area (Å²) < 4.78 is 23.4. The number of nitrogens with zero attached hydrogens (tertiary/aromatic N) is 3. The van der Waals surface area contributed by atoms with E-state index in [4.69, 9.17) is 0 Å². The summed E-state index contributed by atoms with van der Waals surface area (Å²) in [6.45, 7) is 3.79. The molecule has 0 aromatic heterocycles. The molecule has 8 nitrogen and oxygen atoms in total. The lowest BCUT2D eigenvalue weighted by Crippen LogP contribution is -2.49. The number of carbonyl (C=O) groups excluding carboxylic acids is 1. The average Bonchev–Trinajstić information content (AvgIpc) is 2.68. The van der Waals surface area contributed by atoms with Crippen molar-refractivity contribution in [3.05, 3.63) is 63.7 Å². The summed E-state index contributed by atoms with van der Waals surface area (Å²) in [4.78, 5) is 26.9. The Hall–Kier alpha value is -2.94. The number of sulfone groups is 1. The number of piperazine rings is 1. The molecule has 2 aromatic carbocycles. The summed E-state index contributed by atoms with van der Waals surface area (Å²) in [6.07, 6.45) is 1.34. The van der Waals surface area contributed by atoms with Crippen LogP contribution in [-0.4, -0.2) is 56.6 Å². The first-order chi connectivity index (χ1) is 13.6. The van der Waals surface area contributed by atoms with E-state index in [-0.39, 0.29) is 16.5 Å². The van der Waals surface area contributed by atoms with Crippen molar-refractivity contribution < 1.29 is 18.1 Å². The van der Waals surface area contributed by atoms with Gasteiger partial charge in [0, 0.05) is 38.5 Å². The monoisotopic (exact) mass is 417 g/mol. The zero-order valence-electron chi connectivity index (χ0n) is 16.4. The number of nitro groups is 1. The first kappa shape index (κ1) is 20.8. The SMILES string of the molecule is Cc1ccc(CC(=O)N2CCN(c3ccc(S(C)(=O)=O)cc3[N+](=O)[O-])CC2)cc1. The Balaban J connectivity index is 1.69. The Morgan fingerprint density at radius 3 is 2.24 bits per heavy atom. The van der Waals surface area contributed by atoms with Crippen LogP contribution in [0.1, 0.15) is 11.1 Å². The number of hydrogen-bond acceptors (Lipinski definition) is 6. The lowest BCUT2D eigenvalue weighted by molar-refractivity contribution is -0.384. The molecule has 1 aliphatic heterocycles. The predicted octanol–water partition coefficient (Wildman–Crippen LogP) is 2.20. The number of anilines is 1. The minimum atomic E-state index is -3.53. The Kier molecular flexibility index (Phi) is 5.88. The smallest absolute Gasteiger partial charge is 0.293 e. The Morgan fingerprint density at radius 2 is 1.69 bits per heavy atom. The van der Waals surface area contributed by atoms with Crippen molar-refractivity contribution in [2.24, 2.45) is 0 Å². The molecule has 9 heteroatoms. The summed E-state index contributed by atoms with van der Waals surface area (Å²) in [5.74, 6) is 0.0235. The second-order valence-corrected chi connectivity index (χ2v) is 9.23. The minimum Gasteiger partial charge on any atom is -0.362 e. The van der Waals surface area contributed by atoms with E-state index in [0.29, 0.717) is 38.3 Å². The van der Waals surface area contributed by atoms with Crippen LogP contribution in [0.3, 0.4) is 0 Å². The Labute approximate surface area is 169 Å². The number of nitro benzene ring substituents is 1. The van der Waals surface area contributed by atoms with Gasteiger partial charge in [0.05, 0.1) is 16.2 Å². The minimum absolute atomic E-state index is 0.0235. The average molecular weight is 417 g/mol. The molecular weight excluding hydrogens is 394 g/mol. The number of amides is 1. The molecule has 0 unspecified atom stereocenters. The zero-order chi connectivity index (χ0) is 21.2. The van der Waals surface area contributed by atoms with Crippen molar-refractivity contribution >= 4 is 27.1 Å². The zero-order valence-corrected chi connectivity index (χ0v) is 17.2. The lowest BCUT2D eigenvalue weighted by atomic mass is 10.1. The quantitative estimate of drug-likeness (QED) is 0.546. The number of rotatable bonds is 5. The van der Waals surface area contributed by atoms with Crippen LogP contribution in [0.4, 0.5) is 11.4 Å². The van der Waals surface area contributed by atoms with Gasteiger partial charge in [-0.25, -0.2) is 8.42 Å². The van der Waals surface area contributed by atoms with Crippen LogP contribution < -0.4 is 4.90 Å². The fourth-order valence-corrected chi connectivity index (χ4v) is 3.98. The van der Waals surface area contributed by atoms with Crippen molar-refractivity contribution in [1.82, 2.24) is 4.90 Å². The van der Waals surface area contributed by atoms with Gasteiger partial charge in [-0.05, 0) is 24.6 Å². The van der Waals surface area contributed by atoms with Gasteiger partial charge >= 0.3 is 0 Å². The van der Waals surface area contributed by atoms with E-state index < -0.39 is 14.8 Å². The fraction of sp³-hybridized carbons (Fsp3) is 0.350. The van der Waals surface area contributed by atoms with Crippen molar-refractivity contribution in [2.45, 2.75) is 18.2 Å². The van der Waals surface area contributed by atoms with E-state index in [0.717, 1.165) is 23.4 Å². The van der Waals surface area contributed by atoms with Crippen LogP contribution in [0.2, 0.25) is 0 Å². The molecule has 0 atom stereocenters. The Bertz CT molecular complexity index is 1030. The summed E-state index contributed by atoms with van der Waals surface area (Å²) >= 11 is 0. The number of aryl methyl sites for hydroxylation is 1. The maximum atomic E-state index is 12.6. The first-order valence-corrected chi connectivity index (χ1v) is 11.1. The fourth-order valence-electron chi connectivity index (χ4n) is 3.34. The maximum absolute atomic E-state index is 12.6. The van der Waals surface area contributed by atoms with Gasteiger partial charge in [0.1, 0.15) is 5.69 Å². The third-order valence-electron chi connectivity index (χ3n) is 5.02. The van der Waals surface area contributed by atoms with Crippen LogP contribution in [0, 0.1) is 17.0 Å². The van der Waals surface area contributed by atoms with E-state index in [1.165, 1.54) is 12.1 Å². The van der Waals surface area contributed by atoms with Gasteiger partial charge in [-0.15, -0.1) is 0 Å². The molecule has 29 heavy (non-hydrogen) atoms. The highest BCUT2D eigenvalue weighted by Gasteiger charge is 2.27. The summed E-state index contributed by atoms with van der Waals surface area (Å²) in [5.41, 5.74) is 2.22. The highest BCUT2D eigenvalue weighted by atomic mass is 32.2. The van der Waals surface area contributed by atoms with Crippen LogP contribution in [0.25, 0.3) is 0 Å². The predicted molar refractivity (Wildman–Crippen MR) is 110 cm³/mol. The van der Waals surface area contributed by atoms with Crippen LogP contribution >= 0.6 is 0 Å². The molecule has 154 valence electrons. The lowest BCUT2D eigenvalue weighted by Gasteiger charge is -2.36. The van der Waals surface area contributed by atoms with Crippen molar-refractivity contribution in [2.75, 3.05) is 37.3 Å². The summed E-state index contributed by atoms with van der Waals surface area (Å²) in [5, 5.41) is 11.5. The molecule has 0 spiro atoms. The van der Waals surface area contributed by atoms with Gasteiger partial charge in [0.2, 0.25) is 5.91 Å². The largest absolute Gasteiger partial charge is 0.362 e. The third-order valence-corrected chi connectivity index (χ3v) is 6.13. The molecule has 0 saturated carbocycles. The molecule has 0 aliphatic carbocycles. The normalized spacial score (nSPS) is 14.7. The van der Waals surface area contributed by atoms with Crippen molar-refractivity contribution in [1.29, 1.82) is 0 Å². The van der Waals surface area contributed by atoms with E-state index in [9.17, 15) is 23.3 Å². The molecule has 1 amide bonds. The number of hydrogen-bond donors (Lipinski definition) is 0.